The van der Waals surface area contributed by atoms with Crippen LogP contribution in [0.1, 0.15) is 54.6 Å². The van der Waals surface area contributed by atoms with Crippen LogP contribution in [0.4, 0.5) is 11.4 Å². The highest BCUT2D eigenvalue weighted by molar-refractivity contribution is 6.39. The van der Waals surface area contributed by atoms with Gasteiger partial charge in [-0.1, -0.05) is 11.6 Å². The molecule has 0 bridgehead atoms. The topological polar surface area (TPSA) is 91.7 Å². The van der Waals surface area contributed by atoms with Crippen molar-refractivity contribution in [1.29, 1.82) is 0 Å². The summed E-state index contributed by atoms with van der Waals surface area (Å²) in [5, 5.41) is 5.36. The van der Waals surface area contributed by atoms with E-state index in [4.69, 9.17) is 4.42 Å². The first-order valence-corrected chi connectivity index (χ1v) is 10.9. The maximum atomic E-state index is 12.7. The average molecular weight is 421 g/mol. The number of hydrogen-bond donors (Lipinski definition) is 2. The Morgan fingerprint density at radius 1 is 1.03 bits per heavy atom. The van der Waals surface area contributed by atoms with E-state index in [9.17, 15) is 14.4 Å². The summed E-state index contributed by atoms with van der Waals surface area (Å²) in [6, 6.07) is 8.68. The van der Waals surface area contributed by atoms with E-state index in [1.807, 2.05) is 6.07 Å². The second kappa shape index (κ2) is 9.64. The lowest BCUT2D eigenvalue weighted by Crippen LogP contribution is -2.36. The van der Waals surface area contributed by atoms with Gasteiger partial charge in [-0.3, -0.25) is 14.4 Å². The Labute approximate surface area is 181 Å². The first-order chi connectivity index (χ1) is 15.1. The standard InChI is InChI=1S/C24H27N3O4/c28-22(25-13-12-17-6-2-1-3-7-17)23(29)26-19-10-11-20-18(16-19)8-4-14-27(20)24(30)21-9-5-15-31-21/h5-6,9-11,15-16H,1-4,7-8,12-14H2,(H,25,28)(H,26,29). The number of anilines is 2. The molecular weight excluding hydrogens is 394 g/mol. The number of rotatable bonds is 5. The van der Waals surface area contributed by atoms with Crippen LogP contribution in [0.3, 0.4) is 0 Å². The molecular formula is C24H27N3O4. The third-order valence-corrected chi connectivity index (χ3v) is 5.76. The fraction of sp³-hybridized carbons (Fsp3) is 0.375. The van der Waals surface area contributed by atoms with Gasteiger partial charge in [0.1, 0.15) is 0 Å². The van der Waals surface area contributed by atoms with E-state index in [1.54, 1.807) is 29.2 Å². The first kappa shape index (κ1) is 20.9. The van der Waals surface area contributed by atoms with Gasteiger partial charge in [0.15, 0.2) is 5.76 Å². The van der Waals surface area contributed by atoms with E-state index in [0.717, 1.165) is 43.4 Å². The molecule has 1 aliphatic heterocycles. The van der Waals surface area contributed by atoms with E-state index < -0.39 is 11.8 Å². The van der Waals surface area contributed by atoms with Crippen LogP contribution in [-0.2, 0) is 16.0 Å². The Kier molecular flexibility index (Phi) is 6.50. The Morgan fingerprint density at radius 3 is 2.71 bits per heavy atom. The quantitative estimate of drug-likeness (QED) is 0.567. The van der Waals surface area contributed by atoms with Crippen molar-refractivity contribution in [2.45, 2.75) is 44.9 Å². The van der Waals surface area contributed by atoms with Gasteiger partial charge in [-0.15, -0.1) is 0 Å². The van der Waals surface area contributed by atoms with Gasteiger partial charge in [0.25, 0.3) is 5.91 Å². The Balaban J connectivity index is 1.35. The van der Waals surface area contributed by atoms with Gasteiger partial charge in [-0.05, 0) is 80.8 Å². The summed E-state index contributed by atoms with van der Waals surface area (Å²) in [4.78, 5) is 38.8. The fourth-order valence-electron chi connectivity index (χ4n) is 4.16. The second-order valence-corrected chi connectivity index (χ2v) is 7.95. The maximum absolute atomic E-state index is 12.7. The van der Waals surface area contributed by atoms with E-state index in [0.29, 0.717) is 24.5 Å². The summed E-state index contributed by atoms with van der Waals surface area (Å²) in [6.45, 7) is 1.07. The van der Waals surface area contributed by atoms with Crippen LogP contribution in [0.25, 0.3) is 0 Å². The molecule has 7 nitrogen and oxygen atoms in total. The van der Waals surface area contributed by atoms with Crippen molar-refractivity contribution in [3.63, 3.8) is 0 Å². The number of carbonyl (C=O) groups excluding carboxylic acids is 3. The molecule has 2 aliphatic rings. The minimum atomic E-state index is -0.683. The number of aryl methyl sites for hydroxylation is 1. The van der Waals surface area contributed by atoms with Gasteiger partial charge in [0, 0.05) is 24.5 Å². The van der Waals surface area contributed by atoms with Crippen LogP contribution < -0.4 is 15.5 Å². The summed E-state index contributed by atoms with van der Waals surface area (Å²) in [5.41, 5.74) is 3.65. The highest BCUT2D eigenvalue weighted by Gasteiger charge is 2.25. The zero-order valence-corrected chi connectivity index (χ0v) is 17.5. The van der Waals surface area contributed by atoms with E-state index in [1.165, 1.54) is 24.7 Å². The van der Waals surface area contributed by atoms with Crippen molar-refractivity contribution in [2.75, 3.05) is 23.3 Å². The minimum absolute atomic E-state index is 0.185. The Morgan fingerprint density at radius 2 is 1.94 bits per heavy atom. The second-order valence-electron chi connectivity index (χ2n) is 7.95. The number of benzene rings is 1. The summed E-state index contributed by atoms with van der Waals surface area (Å²) in [7, 11) is 0. The van der Waals surface area contributed by atoms with Crippen molar-refractivity contribution in [1.82, 2.24) is 5.32 Å². The molecule has 0 fully saturated rings. The highest BCUT2D eigenvalue weighted by atomic mass is 16.3. The zero-order valence-electron chi connectivity index (χ0n) is 17.5. The van der Waals surface area contributed by atoms with Crippen LogP contribution in [-0.4, -0.2) is 30.8 Å². The van der Waals surface area contributed by atoms with Crippen molar-refractivity contribution in [3.05, 3.63) is 59.6 Å². The molecule has 2 aromatic rings. The number of carbonyl (C=O) groups is 3. The molecule has 0 radical (unpaired) electrons. The molecule has 0 saturated heterocycles. The van der Waals surface area contributed by atoms with Crippen LogP contribution in [0.15, 0.2) is 52.7 Å². The predicted molar refractivity (Wildman–Crippen MR) is 118 cm³/mol. The van der Waals surface area contributed by atoms with Gasteiger partial charge < -0.3 is 20.0 Å². The van der Waals surface area contributed by atoms with E-state index >= 15 is 0 Å². The van der Waals surface area contributed by atoms with Crippen LogP contribution in [0, 0.1) is 0 Å². The fourth-order valence-corrected chi connectivity index (χ4v) is 4.16. The largest absolute Gasteiger partial charge is 0.459 e. The molecule has 0 spiro atoms. The molecule has 1 aliphatic carbocycles. The minimum Gasteiger partial charge on any atom is -0.459 e. The Bertz CT molecular complexity index is 994. The zero-order chi connectivity index (χ0) is 21.6. The highest BCUT2D eigenvalue weighted by Crippen LogP contribution is 2.31. The molecule has 3 amide bonds. The number of furan rings is 1. The van der Waals surface area contributed by atoms with Gasteiger partial charge >= 0.3 is 11.8 Å². The lowest BCUT2D eigenvalue weighted by Gasteiger charge is -2.29. The summed E-state index contributed by atoms with van der Waals surface area (Å²) in [5.74, 6) is -1.21. The van der Waals surface area contributed by atoms with Crippen LogP contribution in [0.2, 0.25) is 0 Å². The summed E-state index contributed by atoms with van der Waals surface area (Å²) < 4.78 is 5.24. The van der Waals surface area contributed by atoms with Crippen molar-refractivity contribution in [3.8, 4) is 0 Å². The smallest absolute Gasteiger partial charge is 0.313 e. The summed E-state index contributed by atoms with van der Waals surface area (Å²) in [6.07, 6.45) is 10.7. The van der Waals surface area contributed by atoms with Crippen LogP contribution in [0.5, 0.6) is 0 Å². The van der Waals surface area contributed by atoms with Crippen molar-refractivity contribution < 1.29 is 18.8 Å². The van der Waals surface area contributed by atoms with Crippen LogP contribution >= 0.6 is 0 Å². The van der Waals surface area contributed by atoms with E-state index in [-0.39, 0.29) is 5.91 Å². The van der Waals surface area contributed by atoms with Gasteiger partial charge in [-0.25, -0.2) is 0 Å². The predicted octanol–water partition coefficient (Wildman–Crippen LogP) is 3.82. The van der Waals surface area contributed by atoms with E-state index in [2.05, 4.69) is 16.7 Å². The molecule has 2 N–H and O–H groups in total. The van der Waals surface area contributed by atoms with Gasteiger partial charge in [-0.2, -0.15) is 0 Å². The van der Waals surface area contributed by atoms with Crippen molar-refractivity contribution in [2.24, 2.45) is 0 Å². The summed E-state index contributed by atoms with van der Waals surface area (Å²) >= 11 is 0. The van der Waals surface area contributed by atoms with Gasteiger partial charge in [0.2, 0.25) is 0 Å². The molecule has 0 unspecified atom stereocenters. The number of hydrogen-bond acceptors (Lipinski definition) is 4. The SMILES string of the molecule is O=C(NCCC1=CCCCC1)C(=O)Nc1ccc2c(c1)CCCN2C(=O)c1ccco1. The number of amides is 3. The lowest BCUT2D eigenvalue weighted by molar-refractivity contribution is -0.136. The maximum Gasteiger partial charge on any atom is 0.313 e. The molecule has 2 heterocycles. The average Bonchev–Trinajstić information content (AvgIpc) is 3.33. The number of allylic oxidation sites excluding steroid dienone is 1. The number of nitrogens with one attached hydrogen (secondary N) is 2. The molecule has 162 valence electrons. The molecule has 7 heteroatoms. The third kappa shape index (κ3) is 5.05. The monoisotopic (exact) mass is 421 g/mol. The van der Waals surface area contributed by atoms with Gasteiger partial charge in [0.05, 0.1) is 6.26 Å². The first-order valence-electron chi connectivity index (χ1n) is 10.9. The molecule has 0 atom stereocenters. The normalized spacial score (nSPS) is 15.6. The molecule has 4 rings (SSSR count). The lowest BCUT2D eigenvalue weighted by atomic mass is 9.97. The molecule has 0 saturated carbocycles. The molecule has 31 heavy (non-hydrogen) atoms. The number of fused-ring (bicyclic) bond motifs is 1. The molecule has 1 aromatic heterocycles. The third-order valence-electron chi connectivity index (χ3n) is 5.76. The number of nitrogens with zero attached hydrogens (tertiary/aromatic N) is 1. The van der Waals surface area contributed by atoms with Crippen molar-refractivity contribution >= 4 is 29.1 Å². The molecule has 1 aromatic carbocycles. The Hall–Kier alpha value is -3.35.